The third-order valence-electron chi connectivity index (χ3n) is 4.40. The van der Waals surface area contributed by atoms with Gasteiger partial charge in [-0.15, -0.1) is 0 Å². The second kappa shape index (κ2) is 7.12. The maximum absolute atomic E-state index is 6.13. The molecule has 2 atom stereocenters. The van der Waals surface area contributed by atoms with Crippen molar-refractivity contribution in [1.29, 1.82) is 0 Å². The van der Waals surface area contributed by atoms with E-state index < -0.39 is 0 Å². The summed E-state index contributed by atoms with van der Waals surface area (Å²) in [7, 11) is 0. The molecular weight excluding hydrogens is 274 g/mol. The quantitative estimate of drug-likeness (QED) is 0.916. The molecule has 1 heterocycles. The Morgan fingerprint density at radius 1 is 1.27 bits per heavy atom. The van der Waals surface area contributed by atoms with E-state index in [2.05, 4.69) is 42.6 Å². The summed E-state index contributed by atoms with van der Waals surface area (Å²) in [5, 5.41) is 3.36. The predicted molar refractivity (Wildman–Crippen MR) is 88.3 cm³/mol. The van der Waals surface area contributed by atoms with Gasteiger partial charge >= 0.3 is 0 Å². The first-order chi connectivity index (χ1) is 10.8. The van der Waals surface area contributed by atoms with Crippen LogP contribution in [0.2, 0.25) is 0 Å². The molecule has 0 radical (unpaired) electrons. The van der Waals surface area contributed by atoms with Gasteiger partial charge in [0.1, 0.15) is 6.10 Å². The third-order valence-corrected chi connectivity index (χ3v) is 4.40. The largest absolute Gasteiger partial charge is 0.498 e. The monoisotopic (exact) mass is 299 g/mol. The zero-order chi connectivity index (χ0) is 15.4. The smallest absolute Gasteiger partial charge is 0.109 e. The van der Waals surface area contributed by atoms with Crippen molar-refractivity contribution in [2.45, 2.75) is 32.8 Å². The number of hydrogen-bond donors (Lipinski definition) is 1. The number of hydrogen-bond acceptors (Lipinski definition) is 3. The van der Waals surface area contributed by atoms with Crippen LogP contribution in [-0.4, -0.2) is 19.9 Å². The Balaban J connectivity index is 2.00. The molecule has 0 spiro atoms. The minimum absolute atomic E-state index is 0.00745. The molecule has 2 aliphatic rings. The van der Waals surface area contributed by atoms with Crippen molar-refractivity contribution in [1.82, 2.24) is 5.32 Å². The molecule has 1 aliphatic carbocycles. The lowest BCUT2D eigenvalue weighted by Crippen LogP contribution is -2.27. The van der Waals surface area contributed by atoms with Gasteiger partial charge in [-0.1, -0.05) is 42.8 Å². The van der Waals surface area contributed by atoms with Crippen LogP contribution in [0.5, 0.6) is 0 Å². The maximum Gasteiger partial charge on any atom is 0.109 e. The van der Waals surface area contributed by atoms with Gasteiger partial charge in [0.25, 0.3) is 0 Å². The Hall–Kier alpha value is -1.58. The van der Waals surface area contributed by atoms with Crippen molar-refractivity contribution in [2.75, 3.05) is 19.9 Å². The van der Waals surface area contributed by atoms with E-state index in [0.717, 1.165) is 31.8 Å². The van der Waals surface area contributed by atoms with E-state index in [1.54, 1.807) is 0 Å². The van der Waals surface area contributed by atoms with Crippen molar-refractivity contribution >= 4 is 0 Å². The van der Waals surface area contributed by atoms with Crippen LogP contribution >= 0.6 is 0 Å². The number of allylic oxidation sites excluding steroid dienone is 1. The molecule has 118 valence electrons. The molecule has 1 aromatic carbocycles. The molecule has 3 rings (SSSR count). The summed E-state index contributed by atoms with van der Waals surface area (Å²) in [6.07, 6.45) is 4.38. The van der Waals surface area contributed by atoms with E-state index in [4.69, 9.17) is 9.47 Å². The van der Waals surface area contributed by atoms with Crippen molar-refractivity contribution in [2.24, 2.45) is 5.92 Å². The summed E-state index contributed by atoms with van der Waals surface area (Å²) in [6, 6.07) is 10.5. The summed E-state index contributed by atoms with van der Waals surface area (Å²) in [6.45, 7) is 6.58. The first-order valence-corrected chi connectivity index (χ1v) is 8.23. The highest BCUT2D eigenvalue weighted by Gasteiger charge is 2.28. The van der Waals surface area contributed by atoms with Crippen LogP contribution in [0.4, 0.5) is 0 Å². The summed E-state index contributed by atoms with van der Waals surface area (Å²) < 4.78 is 12.0. The number of ether oxygens (including phenoxy) is 2. The highest BCUT2D eigenvalue weighted by molar-refractivity contribution is 5.41. The highest BCUT2D eigenvalue weighted by atomic mass is 16.5. The molecule has 0 saturated carbocycles. The molecular formula is C19H25NO2. The van der Waals surface area contributed by atoms with Crippen molar-refractivity contribution in [3.05, 3.63) is 58.9 Å². The van der Waals surface area contributed by atoms with Gasteiger partial charge in [-0.3, -0.25) is 5.32 Å². The maximum atomic E-state index is 6.13. The van der Waals surface area contributed by atoms with Crippen molar-refractivity contribution in [3.8, 4) is 0 Å². The Kier molecular flexibility index (Phi) is 4.96. The van der Waals surface area contributed by atoms with Crippen LogP contribution in [0.15, 0.2) is 53.3 Å². The molecule has 0 fully saturated rings. The second-order valence-corrected chi connectivity index (χ2v) is 6.00. The highest BCUT2D eigenvalue weighted by Crippen LogP contribution is 2.39. The van der Waals surface area contributed by atoms with E-state index in [-0.39, 0.29) is 6.10 Å². The lowest BCUT2D eigenvalue weighted by atomic mass is 9.83. The zero-order valence-electron chi connectivity index (χ0n) is 13.5. The Morgan fingerprint density at radius 3 is 2.86 bits per heavy atom. The van der Waals surface area contributed by atoms with E-state index >= 15 is 0 Å². The van der Waals surface area contributed by atoms with Crippen molar-refractivity contribution in [3.63, 3.8) is 0 Å². The lowest BCUT2D eigenvalue weighted by molar-refractivity contribution is 0.0594. The topological polar surface area (TPSA) is 30.5 Å². The SMILES string of the molecule is CCOC1=CC2=C(CCNCOC2c2ccccc2)CC1C. The third kappa shape index (κ3) is 3.26. The first-order valence-electron chi connectivity index (χ1n) is 8.23. The summed E-state index contributed by atoms with van der Waals surface area (Å²) in [4.78, 5) is 0. The second-order valence-electron chi connectivity index (χ2n) is 6.00. The van der Waals surface area contributed by atoms with E-state index in [1.165, 1.54) is 16.7 Å². The fourth-order valence-electron chi connectivity index (χ4n) is 3.29. The van der Waals surface area contributed by atoms with Gasteiger partial charge in [-0.2, -0.15) is 0 Å². The number of benzene rings is 1. The molecule has 3 nitrogen and oxygen atoms in total. The van der Waals surface area contributed by atoms with Gasteiger partial charge in [0, 0.05) is 12.5 Å². The Labute approximate surface area is 133 Å². The minimum Gasteiger partial charge on any atom is -0.498 e. The van der Waals surface area contributed by atoms with Crippen LogP contribution in [0.1, 0.15) is 38.4 Å². The van der Waals surface area contributed by atoms with Crippen LogP contribution in [0.25, 0.3) is 0 Å². The number of rotatable bonds is 3. The first kappa shape index (κ1) is 15.3. The summed E-state index contributed by atoms with van der Waals surface area (Å²) in [5.41, 5.74) is 4.01. The van der Waals surface area contributed by atoms with Crippen molar-refractivity contribution < 1.29 is 9.47 Å². The lowest BCUT2D eigenvalue weighted by Gasteiger charge is -2.32. The standard InChI is InChI=1S/C19H25NO2/c1-3-21-18-12-17-16(11-14(18)2)9-10-20-13-22-19(17)15-7-5-4-6-8-15/h4-8,12,14,19-20H,3,9-11,13H2,1-2H3. The fourth-order valence-corrected chi connectivity index (χ4v) is 3.29. The summed E-state index contributed by atoms with van der Waals surface area (Å²) in [5.74, 6) is 1.55. The van der Waals surface area contributed by atoms with Gasteiger partial charge in [0.15, 0.2) is 0 Å². The van der Waals surface area contributed by atoms with E-state index in [1.807, 2.05) is 13.0 Å². The van der Waals surface area contributed by atoms with Crippen LogP contribution in [0, 0.1) is 5.92 Å². The van der Waals surface area contributed by atoms with Crippen LogP contribution < -0.4 is 5.32 Å². The zero-order valence-corrected chi connectivity index (χ0v) is 13.5. The van der Waals surface area contributed by atoms with Crippen LogP contribution in [-0.2, 0) is 9.47 Å². The van der Waals surface area contributed by atoms with Gasteiger partial charge in [0.2, 0.25) is 0 Å². The molecule has 0 saturated heterocycles. The molecule has 22 heavy (non-hydrogen) atoms. The summed E-state index contributed by atoms with van der Waals surface area (Å²) >= 11 is 0. The van der Waals surface area contributed by atoms with Gasteiger partial charge in [-0.05, 0) is 37.0 Å². The number of nitrogens with one attached hydrogen (secondary N) is 1. The molecule has 1 aliphatic heterocycles. The average molecular weight is 299 g/mol. The Morgan fingerprint density at radius 2 is 2.09 bits per heavy atom. The molecule has 0 bridgehead atoms. The van der Waals surface area contributed by atoms with Crippen LogP contribution in [0.3, 0.4) is 0 Å². The van der Waals surface area contributed by atoms with Gasteiger partial charge in [0.05, 0.1) is 19.1 Å². The molecule has 3 heteroatoms. The Bertz CT molecular complexity index is 562. The molecule has 1 aromatic rings. The van der Waals surface area contributed by atoms with Gasteiger partial charge < -0.3 is 9.47 Å². The fraction of sp³-hybridized carbons (Fsp3) is 0.474. The normalized spacial score (nSPS) is 25.8. The predicted octanol–water partition coefficient (Wildman–Crippen LogP) is 3.95. The van der Waals surface area contributed by atoms with Gasteiger partial charge in [-0.25, -0.2) is 0 Å². The van der Waals surface area contributed by atoms with E-state index in [0.29, 0.717) is 12.6 Å². The average Bonchev–Trinajstić information content (AvgIpc) is 2.52. The molecule has 0 aromatic heterocycles. The molecule has 2 unspecified atom stereocenters. The molecule has 1 N–H and O–H groups in total. The van der Waals surface area contributed by atoms with E-state index in [9.17, 15) is 0 Å². The molecule has 0 amide bonds. The minimum atomic E-state index is -0.00745.